The van der Waals surface area contributed by atoms with Gasteiger partial charge < -0.3 is 10.3 Å². The van der Waals surface area contributed by atoms with Crippen molar-refractivity contribution in [3.05, 3.63) is 23.5 Å². The molecule has 0 aliphatic rings. The minimum Gasteiger partial charge on any atom is -0.380 e. The Balaban J connectivity index is 2.70. The van der Waals surface area contributed by atoms with Crippen molar-refractivity contribution < 1.29 is 8.91 Å². The van der Waals surface area contributed by atoms with E-state index >= 15 is 0 Å². The molecule has 1 aromatic heterocycles. The molecule has 3 nitrogen and oxygen atoms in total. The van der Waals surface area contributed by atoms with Crippen LogP contribution in [-0.2, 0) is 6.42 Å². The number of hydrogen-bond acceptors (Lipinski definition) is 3. The van der Waals surface area contributed by atoms with Crippen molar-refractivity contribution in [2.45, 2.75) is 19.8 Å². The van der Waals surface area contributed by atoms with Gasteiger partial charge in [-0.25, -0.2) is 4.39 Å². The van der Waals surface area contributed by atoms with E-state index in [1.165, 1.54) is 6.07 Å². The number of nitrogens with zero attached hydrogens (tertiary/aromatic N) is 1. The van der Waals surface area contributed by atoms with Gasteiger partial charge in [0.05, 0.1) is 0 Å². The molecule has 0 aliphatic carbocycles. The van der Waals surface area contributed by atoms with E-state index in [1.807, 2.05) is 0 Å². The maximum Gasteiger partial charge on any atom is 0.177 e. The van der Waals surface area contributed by atoms with Gasteiger partial charge in [-0.2, -0.15) is 0 Å². The molecule has 0 saturated heterocycles. The van der Waals surface area contributed by atoms with Gasteiger partial charge in [0.25, 0.3) is 0 Å². The maximum absolute atomic E-state index is 13.3. The molecule has 2 aromatic rings. The van der Waals surface area contributed by atoms with Crippen LogP contribution in [0.3, 0.4) is 0 Å². The van der Waals surface area contributed by atoms with Gasteiger partial charge in [-0.05, 0) is 18.1 Å². The fourth-order valence-electron chi connectivity index (χ4n) is 1.55. The summed E-state index contributed by atoms with van der Waals surface area (Å²) in [6.45, 7) is 2.05. The number of nitrogens with two attached hydrogens (primary N) is 1. The largest absolute Gasteiger partial charge is 0.380 e. The zero-order valence-corrected chi connectivity index (χ0v) is 7.88. The Morgan fingerprint density at radius 3 is 3.00 bits per heavy atom. The molecule has 0 fully saturated rings. The third-order valence-electron chi connectivity index (χ3n) is 2.20. The molecule has 0 unspecified atom stereocenters. The van der Waals surface area contributed by atoms with Gasteiger partial charge in [0.15, 0.2) is 11.4 Å². The first-order valence-electron chi connectivity index (χ1n) is 4.56. The number of anilines is 1. The molecular formula is C10H11FN2O. The Labute approximate surface area is 80.7 Å². The Morgan fingerprint density at radius 1 is 1.50 bits per heavy atom. The van der Waals surface area contributed by atoms with Crippen molar-refractivity contribution in [3.63, 3.8) is 0 Å². The number of aromatic nitrogens is 1. The van der Waals surface area contributed by atoms with Crippen LogP contribution in [0.5, 0.6) is 0 Å². The highest BCUT2D eigenvalue weighted by Crippen LogP contribution is 2.27. The summed E-state index contributed by atoms with van der Waals surface area (Å²) in [7, 11) is 0. The fraction of sp³-hybridized carbons (Fsp3) is 0.300. The maximum atomic E-state index is 13.3. The summed E-state index contributed by atoms with van der Waals surface area (Å²) < 4.78 is 18.3. The molecule has 0 bridgehead atoms. The number of rotatable bonds is 2. The van der Waals surface area contributed by atoms with E-state index in [4.69, 9.17) is 10.3 Å². The van der Waals surface area contributed by atoms with Crippen molar-refractivity contribution in [2.24, 2.45) is 0 Å². The lowest BCUT2D eigenvalue weighted by molar-refractivity contribution is 0.457. The first kappa shape index (κ1) is 8.99. The average molecular weight is 194 g/mol. The predicted octanol–water partition coefficient (Wildman–Crippen LogP) is 2.50. The summed E-state index contributed by atoms with van der Waals surface area (Å²) in [5, 5.41) is 3.86. The van der Waals surface area contributed by atoms with Crippen LogP contribution in [0.1, 0.15) is 18.9 Å². The zero-order valence-electron chi connectivity index (χ0n) is 7.88. The quantitative estimate of drug-likeness (QED) is 0.799. The molecule has 4 heteroatoms. The molecule has 0 amide bonds. The molecule has 1 heterocycles. The normalized spacial score (nSPS) is 11.0. The Bertz CT molecular complexity index is 464. The van der Waals surface area contributed by atoms with Gasteiger partial charge in [0.1, 0.15) is 11.2 Å². The van der Waals surface area contributed by atoms with Crippen LogP contribution >= 0.6 is 0 Å². The van der Waals surface area contributed by atoms with Crippen molar-refractivity contribution in [1.29, 1.82) is 0 Å². The van der Waals surface area contributed by atoms with E-state index in [1.54, 1.807) is 6.07 Å². The van der Waals surface area contributed by atoms with Gasteiger partial charge in [-0.3, -0.25) is 0 Å². The molecule has 0 spiro atoms. The minimum absolute atomic E-state index is 0.121. The highest BCUT2D eigenvalue weighted by atomic mass is 19.1. The highest BCUT2D eigenvalue weighted by Gasteiger charge is 2.13. The van der Waals surface area contributed by atoms with Crippen LogP contribution < -0.4 is 5.73 Å². The lowest BCUT2D eigenvalue weighted by Gasteiger charge is -1.99. The molecule has 2 N–H and O–H groups in total. The van der Waals surface area contributed by atoms with Gasteiger partial charge in [-0.15, -0.1) is 0 Å². The summed E-state index contributed by atoms with van der Waals surface area (Å²) in [6, 6.07) is 3.12. The molecular weight excluding hydrogens is 183 g/mol. The van der Waals surface area contributed by atoms with E-state index in [9.17, 15) is 4.39 Å². The molecule has 1 aromatic carbocycles. The average Bonchev–Trinajstić information content (AvgIpc) is 2.54. The summed E-state index contributed by atoms with van der Waals surface area (Å²) in [5.41, 5.74) is 6.93. The summed E-state index contributed by atoms with van der Waals surface area (Å²) in [4.78, 5) is 0. The monoisotopic (exact) mass is 194 g/mol. The Morgan fingerprint density at radius 2 is 2.29 bits per heavy atom. The smallest absolute Gasteiger partial charge is 0.177 e. The Kier molecular flexibility index (Phi) is 2.11. The van der Waals surface area contributed by atoms with E-state index < -0.39 is 0 Å². The van der Waals surface area contributed by atoms with E-state index in [2.05, 4.69) is 12.1 Å². The SMILES string of the molecule is CCCc1ccc(F)c2c(N)noc12. The van der Waals surface area contributed by atoms with Crippen LogP contribution in [0.4, 0.5) is 10.2 Å². The van der Waals surface area contributed by atoms with Gasteiger partial charge >= 0.3 is 0 Å². The molecule has 0 atom stereocenters. The van der Waals surface area contributed by atoms with Crippen LogP contribution in [0.15, 0.2) is 16.7 Å². The summed E-state index contributed by atoms with van der Waals surface area (Å²) >= 11 is 0. The number of nitrogen functional groups attached to an aromatic ring is 1. The third kappa shape index (κ3) is 1.23. The summed E-state index contributed by atoms with van der Waals surface area (Å²) in [6.07, 6.45) is 1.81. The second-order valence-corrected chi connectivity index (χ2v) is 3.23. The highest BCUT2D eigenvalue weighted by molar-refractivity contribution is 5.89. The van der Waals surface area contributed by atoms with Crippen LogP contribution in [0, 0.1) is 5.82 Å². The molecule has 0 saturated carbocycles. The summed E-state index contributed by atoms with van der Waals surface area (Å²) in [5.74, 6) is -0.256. The first-order valence-corrected chi connectivity index (χ1v) is 4.56. The Hall–Kier alpha value is -1.58. The van der Waals surface area contributed by atoms with Gasteiger partial charge in [0, 0.05) is 0 Å². The van der Waals surface area contributed by atoms with E-state index in [0.29, 0.717) is 11.0 Å². The number of hydrogen-bond donors (Lipinski definition) is 1. The van der Waals surface area contributed by atoms with Crippen molar-refractivity contribution in [1.82, 2.24) is 5.16 Å². The van der Waals surface area contributed by atoms with E-state index in [-0.39, 0.29) is 11.6 Å². The molecule has 0 radical (unpaired) electrons. The lowest BCUT2D eigenvalue weighted by Crippen LogP contribution is -1.89. The standard InChI is InChI=1S/C10H11FN2O/c1-2-3-6-4-5-7(11)8-9(6)14-13-10(8)12/h4-5H,2-3H2,1H3,(H2,12,13). The van der Waals surface area contributed by atoms with Crippen molar-refractivity contribution >= 4 is 16.8 Å². The zero-order chi connectivity index (χ0) is 10.1. The van der Waals surface area contributed by atoms with E-state index in [0.717, 1.165) is 18.4 Å². The van der Waals surface area contributed by atoms with Crippen LogP contribution in [-0.4, -0.2) is 5.16 Å². The predicted molar refractivity (Wildman–Crippen MR) is 52.4 cm³/mol. The second-order valence-electron chi connectivity index (χ2n) is 3.23. The number of aryl methyl sites for hydroxylation is 1. The minimum atomic E-state index is -0.376. The van der Waals surface area contributed by atoms with Gasteiger partial charge in [-0.1, -0.05) is 24.6 Å². The van der Waals surface area contributed by atoms with Gasteiger partial charge in [0.2, 0.25) is 0 Å². The molecule has 2 rings (SSSR count). The molecule has 0 aliphatic heterocycles. The molecule has 74 valence electrons. The topological polar surface area (TPSA) is 52.0 Å². The lowest BCUT2D eigenvalue weighted by atomic mass is 10.1. The van der Waals surface area contributed by atoms with Crippen LogP contribution in [0.2, 0.25) is 0 Å². The second kappa shape index (κ2) is 3.29. The van der Waals surface area contributed by atoms with Crippen molar-refractivity contribution in [2.75, 3.05) is 5.73 Å². The number of benzene rings is 1. The molecule has 14 heavy (non-hydrogen) atoms. The first-order chi connectivity index (χ1) is 6.74. The van der Waals surface area contributed by atoms with Crippen LogP contribution in [0.25, 0.3) is 11.0 Å². The fourth-order valence-corrected chi connectivity index (χ4v) is 1.55. The number of halogens is 1. The third-order valence-corrected chi connectivity index (χ3v) is 2.20. The van der Waals surface area contributed by atoms with Crippen molar-refractivity contribution in [3.8, 4) is 0 Å². The number of fused-ring (bicyclic) bond motifs is 1.